The largest absolute Gasteiger partial charge is 0.405 e. The summed E-state index contributed by atoms with van der Waals surface area (Å²) in [5.74, 6) is 0.00881. The van der Waals surface area contributed by atoms with Gasteiger partial charge in [0, 0.05) is 22.8 Å². The van der Waals surface area contributed by atoms with Crippen molar-refractivity contribution >= 4 is 23.3 Å². The van der Waals surface area contributed by atoms with Crippen molar-refractivity contribution in [3.8, 4) is 0 Å². The Morgan fingerprint density at radius 3 is 2.75 bits per heavy atom. The summed E-state index contributed by atoms with van der Waals surface area (Å²) in [5, 5.41) is 5.70. The van der Waals surface area contributed by atoms with Crippen molar-refractivity contribution in [3.63, 3.8) is 0 Å². The highest BCUT2D eigenvalue weighted by atomic mass is 32.1. The van der Waals surface area contributed by atoms with Gasteiger partial charge >= 0.3 is 12.2 Å². The first-order valence-electron chi connectivity index (χ1n) is 7.89. The van der Waals surface area contributed by atoms with Crippen molar-refractivity contribution in [2.75, 3.05) is 19.6 Å². The van der Waals surface area contributed by atoms with Gasteiger partial charge < -0.3 is 10.2 Å². The Labute approximate surface area is 141 Å². The number of imide groups is 1. The highest BCUT2D eigenvalue weighted by Crippen LogP contribution is 2.42. The van der Waals surface area contributed by atoms with Crippen LogP contribution in [-0.4, -0.2) is 37.7 Å². The lowest BCUT2D eigenvalue weighted by atomic mass is 9.96. The maximum Gasteiger partial charge on any atom is 0.405 e. The molecule has 0 aromatic carbocycles. The Bertz CT molecular complexity index is 628. The summed E-state index contributed by atoms with van der Waals surface area (Å²) >= 11 is 1.73. The van der Waals surface area contributed by atoms with E-state index in [4.69, 9.17) is 0 Å². The average molecular weight is 362 g/mol. The first-order chi connectivity index (χ1) is 11.3. The zero-order valence-electron chi connectivity index (χ0n) is 12.9. The zero-order valence-corrected chi connectivity index (χ0v) is 13.7. The molecule has 1 aliphatic heterocycles. The predicted molar refractivity (Wildman–Crippen MR) is 81.8 cm³/mol. The number of alkyl halides is 3. The van der Waals surface area contributed by atoms with Crippen LogP contribution >= 0.6 is 11.3 Å². The van der Waals surface area contributed by atoms with E-state index in [1.165, 1.54) is 10.4 Å². The van der Waals surface area contributed by atoms with Gasteiger partial charge in [-0.15, -0.1) is 11.3 Å². The molecular weight excluding hydrogens is 343 g/mol. The van der Waals surface area contributed by atoms with Gasteiger partial charge in [0.1, 0.15) is 12.6 Å². The van der Waals surface area contributed by atoms with Crippen LogP contribution in [0.15, 0.2) is 11.4 Å². The van der Waals surface area contributed by atoms with Crippen LogP contribution in [0.2, 0.25) is 0 Å². The van der Waals surface area contributed by atoms with Crippen molar-refractivity contribution < 1.29 is 27.7 Å². The minimum Gasteiger partial charge on any atom is -0.329 e. The molecule has 0 radical (unpaired) electrons. The number of amides is 3. The molecule has 1 aromatic rings. The molecule has 1 unspecified atom stereocenters. The molecule has 2 heterocycles. The Kier molecular flexibility index (Phi) is 4.82. The minimum atomic E-state index is -4.50. The standard InChI is InChI=1S/C15H18F3N3O2S/c16-15(17,18)8-19-14(23)20-12(22)7-21-5-3-11-10(4-6-24-11)13(21)9-1-2-9/h4,6,9,13H,1-3,5,7-8H2,(H2,19,20,22,23)/p+1/t13-/m1/s1. The summed E-state index contributed by atoms with van der Waals surface area (Å²) in [5.41, 5.74) is 1.29. The Balaban J connectivity index is 1.55. The van der Waals surface area contributed by atoms with E-state index in [1.807, 2.05) is 5.32 Å². The first kappa shape index (κ1) is 17.2. The van der Waals surface area contributed by atoms with Crippen LogP contribution in [0.5, 0.6) is 0 Å². The normalized spacial score (nSPS) is 23.5. The third-order valence-electron chi connectivity index (χ3n) is 4.41. The van der Waals surface area contributed by atoms with Gasteiger partial charge in [0.05, 0.1) is 6.54 Å². The van der Waals surface area contributed by atoms with Crippen molar-refractivity contribution in [2.24, 2.45) is 5.92 Å². The van der Waals surface area contributed by atoms with E-state index in [1.54, 1.807) is 16.7 Å². The summed E-state index contributed by atoms with van der Waals surface area (Å²) in [7, 11) is 0. The number of urea groups is 1. The number of carbonyl (C=O) groups is 2. The van der Waals surface area contributed by atoms with Crippen LogP contribution in [0, 0.1) is 5.92 Å². The van der Waals surface area contributed by atoms with Gasteiger partial charge in [0.25, 0.3) is 5.91 Å². The fraction of sp³-hybridized carbons (Fsp3) is 0.600. The number of fused-ring (bicyclic) bond motifs is 1. The van der Waals surface area contributed by atoms with Crippen LogP contribution in [0.1, 0.15) is 29.3 Å². The average Bonchev–Trinajstić information content (AvgIpc) is 3.20. The third kappa shape index (κ3) is 4.27. The molecule has 24 heavy (non-hydrogen) atoms. The van der Waals surface area contributed by atoms with Crippen molar-refractivity contribution in [3.05, 3.63) is 21.9 Å². The molecule has 3 amide bonds. The van der Waals surface area contributed by atoms with E-state index >= 15 is 0 Å². The van der Waals surface area contributed by atoms with Gasteiger partial charge in [-0.05, 0) is 24.3 Å². The Morgan fingerprint density at radius 2 is 2.08 bits per heavy atom. The van der Waals surface area contributed by atoms with Gasteiger partial charge in [-0.1, -0.05) is 0 Å². The topological polar surface area (TPSA) is 62.6 Å². The van der Waals surface area contributed by atoms with Gasteiger partial charge in [0.2, 0.25) is 0 Å². The molecule has 1 fully saturated rings. The van der Waals surface area contributed by atoms with Gasteiger partial charge in [-0.2, -0.15) is 13.2 Å². The molecule has 132 valence electrons. The highest BCUT2D eigenvalue weighted by molar-refractivity contribution is 7.10. The second-order valence-electron chi connectivity index (χ2n) is 6.30. The van der Waals surface area contributed by atoms with E-state index < -0.39 is 24.7 Å². The third-order valence-corrected chi connectivity index (χ3v) is 5.41. The number of carbonyl (C=O) groups excluding carboxylic acids is 2. The first-order valence-corrected chi connectivity index (χ1v) is 8.77. The maximum absolute atomic E-state index is 12.1. The molecule has 3 N–H and O–H groups in total. The molecule has 5 nitrogen and oxygen atoms in total. The smallest absolute Gasteiger partial charge is 0.329 e. The van der Waals surface area contributed by atoms with E-state index in [9.17, 15) is 22.8 Å². The number of hydrogen-bond acceptors (Lipinski definition) is 3. The number of halogens is 3. The minimum absolute atomic E-state index is 0.0931. The molecular formula is C15H19F3N3O2S+. The number of hydrogen-bond donors (Lipinski definition) is 3. The molecule has 9 heteroatoms. The molecule has 3 rings (SSSR count). The lowest BCUT2D eigenvalue weighted by molar-refractivity contribution is -0.928. The predicted octanol–water partition coefficient (Wildman–Crippen LogP) is 1.03. The van der Waals surface area contributed by atoms with Gasteiger partial charge in [0.15, 0.2) is 6.54 Å². The van der Waals surface area contributed by atoms with Crippen LogP contribution in [-0.2, 0) is 11.2 Å². The van der Waals surface area contributed by atoms with Crippen LogP contribution < -0.4 is 15.5 Å². The second-order valence-corrected chi connectivity index (χ2v) is 7.30. The van der Waals surface area contributed by atoms with Crippen molar-refractivity contribution in [1.82, 2.24) is 10.6 Å². The maximum atomic E-state index is 12.1. The zero-order chi connectivity index (χ0) is 17.3. The number of rotatable bonds is 4. The summed E-state index contributed by atoms with van der Waals surface area (Å²) < 4.78 is 36.2. The van der Waals surface area contributed by atoms with E-state index in [0.717, 1.165) is 30.7 Å². The Morgan fingerprint density at radius 1 is 1.33 bits per heavy atom. The fourth-order valence-electron chi connectivity index (χ4n) is 3.30. The van der Waals surface area contributed by atoms with Crippen molar-refractivity contribution in [2.45, 2.75) is 31.5 Å². The van der Waals surface area contributed by atoms with E-state index in [0.29, 0.717) is 5.92 Å². The SMILES string of the molecule is O=C(C[NH+]1CCc2sccc2[C@H]1C1CC1)NC(=O)NCC(F)(F)F. The number of quaternary nitrogens is 1. The van der Waals surface area contributed by atoms with Gasteiger partial charge in [-0.25, -0.2) is 4.79 Å². The fourth-order valence-corrected chi connectivity index (χ4v) is 4.23. The quantitative estimate of drug-likeness (QED) is 0.749. The second kappa shape index (κ2) is 6.72. The van der Waals surface area contributed by atoms with E-state index in [-0.39, 0.29) is 12.6 Å². The molecule has 1 saturated carbocycles. The molecule has 1 aromatic heterocycles. The van der Waals surface area contributed by atoms with Gasteiger partial charge in [-0.3, -0.25) is 10.1 Å². The summed E-state index contributed by atoms with van der Waals surface area (Å²) in [6.07, 6.45) is -1.34. The van der Waals surface area contributed by atoms with Crippen LogP contribution in [0.4, 0.5) is 18.0 Å². The number of thiophene rings is 1. The summed E-state index contributed by atoms with van der Waals surface area (Å²) in [4.78, 5) is 25.8. The molecule has 2 atom stereocenters. The monoisotopic (exact) mass is 362 g/mol. The highest BCUT2D eigenvalue weighted by Gasteiger charge is 2.43. The van der Waals surface area contributed by atoms with E-state index in [2.05, 4.69) is 11.4 Å². The molecule has 1 aliphatic carbocycles. The summed E-state index contributed by atoms with van der Waals surface area (Å²) in [6.45, 7) is -0.562. The van der Waals surface area contributed by atoms with Crippen LogP contribution in [0.3, 0.4) is 0 Å². The molecule has 0 spiro atoms. The molecule has 0 saturated heterocycles. The van der Waals surface area contributed by atoms with Crippen LogP contribution in [0.25, 0.3) is 0 Å². The number of nitrogens with one attached hydrogen (secondary N) is 3. The lowest BCUT2D eigenvalue weighted by Crippen LogP contribution is -3.14. The van der Waals surface area contributed by atoms with Crippen molar-refractivity contribution in [1.29, 1.82) is 0 Å². The molecule has 0 bridgehead atoms. The molecule has 2 aliphatic rings. The lowest BCUT2D eigenvalue weighted by Gasteiger charge is -2.32. The summed E-state index contributed by atoms with van der Waals surface area (Å²) in [6, 6.07) is 1.26. The Hall–Kier alpha value is -1.61.